The second kappa shape index (κ2) is 8.65. The molecule has 0 radical (unpaired) electrons. The van der Waals surface area contributed by atoms with Crippen molar-refractivity contribution < 1.29 is 17.9 Å². The van der Waals surface area contributed by atoms with Crippen LogP contribution in [0.1, 0.15) is 30.9 Å². The fourth-order valence-corrected chi connectivity index (χ4v) is 4.71. The van der Waals surface area contributed by atoms with Gasteiger partial charge in [-0.2, -0.15) is 4.31 Å². The van der Waals surface area contributed by atoms with Gasteiger partial charge in [0, 0.05) is 25.9 Å². The number of nitrogens with one attached hydrogen (secondary N) is 1. The van der Waals surface area contributed by atoms with Gasteiger partial charge in [0.2, 0.25) is 10.0 Å². The fourth-order valence-electron chi connectivity index (χ4n) is 3.19. The van der Waals surface area contributed by atoms with Gasteiger partial charge in [-0.15, -0.1) is 0 Å². The first-order valence-electron chi connectivity index (χ1n) is 9.01. The van der Waals surface area contributed by atoms with Gasteiger partial charge in [-0.1, -0.05) is 36.8 Å². The molecule has 1 N–H and O–H groups in total. The summed E-state index contributed by atoms with van der Waals surface area (Å²) in [6, 6.07) is 15.5. The summed E-state index contributed by atoms with van der Waals surface area (Å²) < 4.78 is 32.2. The predicted octanol–water partition coefficient (Wildman–Crippen LogP) is 3.19. The van der Waals surface area contributed by atoms with Crippen LogP contribution in [0, 0.1) is 0 Å². The van der Waals surface area contributed by atoms with Gasteiger partial charge >= 0.3 is 0 Å². The van der Waals surface area contributed by atoms with Crippen LogP contribution in [0.5, 0.6) is 0 Å². The number of amides is 1. The van der Waals surface area contributed by atoms with E-state index in [2.05, 4.69) is 5.32 Å². The number of sulfonamides is 1. The second-order valence-electron chi connectivity index (χ2n) is 6.50. The third-order valence-corrected chi connectivity index (χ3v) is 6.56. The Morgan fingerprint density at radius 1 is 1.00 bits per heavy atom. The van der Waals surface area contributed by atoms with Crippen LogP contribution in [0.3, 0.4) is 0 Å². The zero-order chi connectivity index (χ0) is 19.3. The lowest BCUT2D eigenvalue weighted by atomic mass is 10.1. The molecule has 0 aromatic heterocycles. The minimum atomic E-state index is -3.48. The summed E-state index contributed by atoms with van der Waals surface area (Å²) in [6.07, 6.45) is 2.12. The molecule has 144 valence electrons. The van der Waals surface area contributed by atoms with Crippen LogP contribution >= 0.6 is 0 Å². The number of carbonyl (C=O) groups excluding carboxylic acids is 1. The number of nitrogens with zero attached hydrogens (tertiary/aromatic N) is 1. The number of carbonyl (C=O) groups is 1. The Morgan fingerprint density at radius 3 is 2.22 bits per heavy atom. The summed E-state index contributed by atoms with van der Waals surface area (Å²) in [7, 11) is -2.00. The Balaban J connectivity index is 1.71. The summed E-state index contributed by atoms with van der Waals surface area (Å²) in [6.45, 7) is 1.13. The van der Waals surface area contributed by atoms with E-state index in [0.29, 0.717) is 18.8 Å². The highest BCUT2D eigenvalue weighted by molar-refractivity contribution is 7.89. The number of anilines is 1. The maximum absolute atomic E-state index is 12.7. The summed E-state index contributed by atoms with van der Waals surface area (Å²) >= 11 is 0. The highest BCUT2D eigenvalue weighted by atomic mass is 32.2. The molecule has 1 aliphatic heterocycles. The van der Waals surface area contributed by atoms with Crippen LogP contribution < -0.4 is 5.32 Å². The molecule has 0 aliphatic carbocycles. The molecule has 0 unspecified atom stereocenters. The summed E-state index contributed by atoms with van der Waals surface area (Å²) in [4.78, 5) is 12.8. The third kappa shape index (κ3) is 4.55. The SMILES string of the molecule is CO[C@H](C(=O)Nc1ccc(S(=O)(=O)N2CCCCC2)cc1)c1ccccc1. The molecule has 0 bridgehead atoms. The van der Waals surface area contributed by atoms with E-state index in [-0.39, 0.29) is 10.8 Å². The van der Waals surface area contributed by atoms with Crippen LogP contribution in [0.25, 0.3) is 0 Å². The van der Waals surface area contributed by atoms with Gasteiger partial charge in [0.1, 0.15) is 0 Å². The minimum absolute atomic E-state index is 0.244. The number of benzene rings is 2. The largest absolute Gasteiger partial charge is 0.367 e. The fraction of sp³-hybridized carbons (Fsp3) is 0.350. The standard InChI is InChI=1S/C20H24N2O4S/c1-26-19(16-8-4-2-5-9-16)20(23)21-17-10-12-18(13-11-17)27(24,25)22-14-6-3-7-15-22/h2,4-5,8-13,19H,3,6-7,14-15H2,1H3,(H,21,23)/t19-/m0/s1. The zero-order valence-corrected chi connectivity index (χ0v) is 16.1. The number of hydrogen-bond acceptors (Lipinski definition) is 4. The molecule has 7 heteroatoms. The Labute approximate surface area is 160 Å². The molecular weight excluding hydrogens is 364 g/mol. The van der Waals surface area contributed by atoms with Crippen molar-refractivity contribution in [3.8, 4) is 0 Å². The maximum atomic E-state index is 12.7. The van der Waals surface area contributed by atoms with Crippen molar-refractivity contribution in [3.63, 3.8) is 0 Å². The average Bonchev–Trinajstić information content (AvgIpc) is 2.70. The highest BCUT2D eigenvalue weighted by Crippen LogP contribution is 2.23. The number of hydrogen-bond donors (Lipinski definition) is 1. The van der Waals surface area contributed by atoms with E-state index >= 15 is 0 Å². The van der Waals surface area contributed by atoms with E-state index in [1.807, 2.05) is 30.3 Å². The summed E-state index contributed by atoms with van der Waals surface area (Å²) in [5.74, 6) is -0.310. The number of methoxy groups -OCH3 is 1. The number of ether oxygens (including phenoxy) is 1. The Hall–Kier alpha value is -2.22. The molecule has 1 amide bonds. The highest BCUT2D eigenvalue weighted by Gasteiger charge is 2.26. The lowest BCUT2D eigenvalue weighted by Crippen LogP contribution is -2.35. The molecule has 2 aromatic rings. The quantitative estimate of drug-likeness (QED) is 0.825. The maximum Gasteiger partial charge on any atom is 0.258 e. The van der Waals surface area contributed by atoms with Crippen molar-refractivity contribution >= 4 is 21.6 Å². The Bertz CT molecular complexity index is 861. The molecule has 1 saturated heterocycles. The second-order valence-corrected chi connectivity index (χ2v) is 8.44. The van der Waals surface area contributed by atoms with E-state index in [1.165, 1.54) is 23.5 Å². The number of rotatable bonds is 6. The van der Waals surface area contributed by atoms with Crippen LogP contribution in [-0.2, 0) is 19.6 Å². The van der Waals surface area contributed by atoms with Crippen molar-refractivity contribution in [2.75, 3.05) is 25.5 Å². The monoisotopic (exact) mass is 388 g/mol. The van der Waals surface area contributed by atoms with Gasteiger partial charge in [-0.3, -0.25) is 4.79 Å². The van der Waals surface area contributed by atoms with E-state index in [1.54, 1.807) is 12.1 Å². The molecule has 27 heavy (non-hydrogen) atoms. The minimum Gasteiger partial charge on any atom is -0.367 e. The molecule has 1 aliphatic rings. The molecule has 0 saturated carbocycles. The van der Waals surface area contributed by atoms with E-state index in [0.717, 1.165) is 24.8 Å². The predicted molar refractivity (Wildman–Crippen MR) is 104 cm³/mol. The molecule has 2 aromatic carbocycles. The molecule has 1 atom stereocenters. The Kier molecular flexibility index (Phi) is 6.26. The normalized spacial score (nSPS) is 16.6. The molecule has 1 fully saturated rings. The first-order chi connectivity index (χ1) is 13.0. The van der Waals surface area contributed by atoms with Crippen molar-refractivity contribution in [3.05, 3.63) is 60.2 Å². The van der Waals surface area contributed by atoms with Crippen LogP contribution in [0.15, 0.2) is 59.5 Å². The van der Waals surface area contributed by atoms with E-state index in [4.69, 9.17) is 4.74 Å². The van der Waals surface area contributed by atoms with Crippen molar-refractivity contribution in [2.45, 2.75) is 30.3 Å². The molecule has 0 spiro atoms. The van der Waals surface area contributed by atoms with Crippen LogP contribution in [-0.4, -0.2) is 38.8 Å². The smallest absolute Gasteiger partial charge is 0.258 e. The Morgan fingerprint density at radius 2 is 1.63 bits per heavy atom. The third-order valence-electron chi connectivity index (χ3n) is 4.65. The van der Waals surface area contributed by atoms with Gasteiger partial charge in [0.05, 0.1) is 4.90 Å². The van der Waals surface area contributed by atoms with Gasteiger partial charge < -0.3 is 10.1 Å². The summed E-state index contributed by atoms with van der Waals surface area (Å²) in [5.41, 5.74) is 1.28. The molecule has 6 nitrogen and oxygen atoms in total. The van der Waals surface area contributed by atoms with Gasteiger partial charge in [-0.05, 0) is 42.7 Å². The van der Waals surface area contributed by atoms with Gasteiger partial charge in [0.25, 0.3) is 5.91 Å². The summed E-state index contributed by atoms with van der Waals surface area (Å²) in [5, 5.41) is 2.78. The van der Waals surface area contributed by atoms with Crippen molar-refractivity contribution in [2.24, 2.45) is 0 Å². The first kappa shape index (κ1) is 19.5. The average molecular weight is 388 g/mol. The van der Waals surface area contributed by atoms with Crippen LogP contribution in [0.4, 0.5) is 5.69 Å². The molecular formula is C20H24N2O4S. The van der Waals surface area contributed by atoms with Crippen molar-refractivity contribution in [1.29, 1.82) is 0 Å². The lowest BCUT2D eigenvalue weighted by molar-refractivity contribution is -0.126. The van der Waals surface area contributed by atoms with Crippen molar-refractivity contribution in [1.82, 2.24) is 4.31 Å². The topological polar surface area (TPSA) is 75.7 Å². The molecule has 1 heterocycles. The van der Waals surface area contributed by atoms with Gasteiger partial charge in [-0.25, -0.2) is 8.42 Å². The zero-order valence-electron chi connectivity index (χ0n) is 15.3. The van der Waals surface area contributed by atoms with Crippen LogP contribution in [0.2, 0.25) is 0 Å². The first-order valence-corrected chi connectivity index (χ1v) is 10.5. The van der Waals surface area contributed by atoms with E-state index < -0.39 is 16.1 Å². The lowest BCUT2D eigenvalue weighted by Gasteiger charge is -2.25. The van der Waals surface area contributed by atoms with E-state index in [9.17, 15) is 13.2 Å². The molecule has 3 rings (SSSR count). The number of piperidine rings is 1. The van der Waals surface area contributed by atoms with Gasteiger partial charge in [0.15, 0.2) is 6.10 Å².